The first-order valence-corrected chi connectivity index (χ1v) is 8.82. The average molecular weight is 316 g/mol. The smallest absolute Gasteiger partial charge is 0.150 e. The second-order valence-electron chi connectivity index (χ2n) is 6.56. The first-order valence-electron chi connectivity index (χ1n) is 8.82. The Kier molecular flexibility index (Phi) is 6.97. The summed E-state index contributed by atoms with van der Waals surface area (Å²) < 4.78 is 5.51. The molecule has 0 saturated heterocycles. The van der Waals surface area contributed by atoms with Gasteiger partial charge in [0.25, 0.3) is 0 Å². The predicted molar refractivity (Wildman–Crippen MR) is 91.9 cm³/mol. The Morgan fingerprint density at radius 1 is 1.30 bits per heavy atom. The van der Waals surface area contributed by atoms with Gasteiger partial charge in [-0.1, -0.05) is 44.4 Å². The maximum absolute atomic E-state index is 12.7. The molecule has 0 radical (unpaired) electrons. The van der Waals surface area contributed by atoms with Gasteiger partial charge >= 0.3 is 0 Å². The third-order valence-electron chi connectivity index (χ3n) is 4.93. The molecule has 0 bridgehead atoms. The van der Waals surface area contributed by atoms with E-state index in [4.69, 9.17) is 4.74 Å². The van der Waals surface area contributed by atoms with Crippen molar-refractivity contribution in [2.45, 2.75) is 64.4 Å². The Bertz CT molecular complexity index is 536. The van der Waals surface area contributed by atoms with Crippen LogP contribution in [0.1, 0.15) is 66.9 Å². The first-order chi connectivity index (χ1) is 11.2. The first kappa shape index (κ1) is 17.9. The zero-order valence-electron chi connectivity index (χ0n) is 14.3. The molecule has 2 atom stereocenters. The lowest BCUT2D eigenvalue weighted by Crippen LogP contribution is -2.33. The molecule has 1 aliphatic rings. The van der Waals surface area contributed by atoms with Crippen LogP contribution in [0.4, 0.5) is 0 Å². The van der Waals surface area contributed by atoms with Crippen molar-refractivity contribution in [2.75, 3.05) is 7.11 Å². The van der Waals surface area contributed by atoms with Gasteiger partial charge in [-0.2, -0.15) is 0 Å². The van der Waals surface area contributed by atoms with E-state index >= 15 is 0 Å². The van der Waals surface area contributed by atoms with Gasteiger partial charge < -0.3 is 4.74 Å². The topological polar surface area (TPSA) is 43.4 Å². The molecule has 0 heterocycles. The zero-order chi connectivity index (χ0) is 16.7. The largest absolute Gasteiger partial charge is 0.381 e. The van der Waals surface area contributed by atoms with Crippen LogP contribution in [0, 0.1) is 5.92 Å². The molecular formula is C20H28O3. The van der Waals surface area contributed by atoms with Crippen molar-refractivity contribution in [1.29, 1.82) is 0 Å². The van der Waals surface area contributed by atoms with Gasteiger partial charge in [0.2, 0.25) is 0 Å². The maximum Gasteiger partial charge on any atom is 0.150 e. The predicted octanol–water partition coefficient (Wildman–Crippen LogP) is 4.16. The van der Waals surface area contributed by atoms with Crippen LogP contribution >= 0.6 is 0 Å². The summed E-state index contributed by atoms with van der Waals surface area (Å²) in [4.78, 5) is 23.8. The number of aryl methyl sites for hydroxylation is 1. The molecule has 1 aromatic carbocycles. The van der Waals surface area contributed by atoms with Crippen LogP contribution in [0.25, 0.3) is 0 Å². The van der Waals surface area contributed by atoms with Crippen molar-refractivity contribution >= 4 is 12.1 Å². The van der Waals surface area contributed by atoms with E-state index in [9.17, 15) is 9.59 Å². The Hall–Kier alpha value is -1.48. The molecule has 1 fully saturated rings. The van der Waals surface area contributed by atoms with E-state index in [2.05, 4.69) is 6.92 Å². The number of ether oxygens (including phenoxy) is 1. The number of Topliss-reactive ketones (excluding diaryl/α,β-unsaturated/α-hetero) is 1. The second-order valence-corrected chi connectivity index (χ2v) is 6.56. The lowest BCUT2D eigenvalue weighted by Gasteiger charge is -2.29. The van der Waals surface area contributed by atoms with E-state index in [0.717, 1.165) is 67.9 Å². The van der Waals surface area contributed by atoms with Crippen LogP contribution in [0.5, 0.6) is 0 Å². The Morgan fingerprint density at radius 2 is 2.09 bits per heavy atom. The normalized spacial score (nSPS) is 21.1. The fourth-order valence-electron chi connectivity index (χ4n) is 3.55. The summed E-state index contributed by atoms with van der Waals surface area (Å²) in [5, 5.41) is 0. The molecule has 0 aliphatic heterocycles. The maximum atomic E-state index is 12.7. The third kappa shape index (κ3) is 4.74. The van der Waals surface area contributed by atoms with E-state index in [0.29, 0.717) is 6.42 Å². The number of hydrogen-bond donors (Lipinski definition) is 0. The Labute approximate surface area is 139 Å². The van der Waals surface area contributed by atoms with Gasteiger partial charge in [-0.05, 0) is 36.8 Å². The summed E-state index contributed by atoms with van der Waals surface area (Å²) in [6.45, 7) is 2.14. The Morgan fingerprint density at radius 3 is 2.78 bits per heavy atom. The van der Waals surface area contributed by atoms with Crippen LogP contribution < -0.4 is 0 Å². The molecule has 23 heavy (non-hydrogen) atoms. The summed E-state index contributed by atoms with van der Waals surface area (Å²) in [5.74, 6) is 0.301. The number of hydrogen-bond acceptors (Lipinski definition) is 3. The molecule has 0 amide bonds. The SMILES string of the molecule is CCCCc1cc(CC(=O)C2CCCC[C@@H]2OC)ccc1C=O. The summed E-state index contributed by atoms with van der Waals surface area (Å²) >= 11 is 0. The summed E-state index contributed by atoms with van der Waals surface area (Å²) in [7, 11) is 1.71. The highest BCUT2D eigenvalue weighted by Crippen LogP contribution is 2.28. The molecule has 1 unspecified atom stereocenters. The van der Waals surface area contributed by atoms with Crippen molar-refractivity contribution in [3.8, 4) is 0 Å². The monoisotopic (exact) mass is 316 g/mol. The van der Waals surface area contributed by atoms with Gasteiger partial charge in [0.15, 0.2) is 0 Å². The number of ketones is 1. The van der Waals surface area contributed by atoms with Crippen LogP contribution in [-0.2, 0) is 22.4 Å². The van der Waals surface area contributed by atoms with Crippen LogP contribution in [0.3, 0.4) is 0 Å². The van der Waals surface area contributed by atoms with E-state index in [1.807, 2.05) is 18.2 Å². The minimum absolute atomic E-state index is 0.0265. The van der Waals surface area contributed by atoms with E-state index < -0.39 is 0 Å². The van der Waals surface area contributed by atoms with Crippen molar-refractivity contribution in [3.05, 3.63) is 34.9 Å². The molecule has 0 spiro atoms. The number of rotatable bonds is 8. The highest BCUT2D eigenvalue weighted by Gasteiger charge is 2.30. The number of methoxy groups -OCH3 is 1. The lowest BCUT2D eigenvalue weighted by atomic mass is 9.81. The van der Waals surface area contributed by atoms with E-state index in [1.54, 1.807) is 7.11 Å². The third-order valence-corrected chi connectivity index (χ3v) is 4.93. The minimum atomic E-state index is 0.0265. The fourth-order valence-corrected chi connectivity index (χ4v) is 3.55. The van der Waals surface area contributed by atoms with Gasteiger partial charge in [-0.15, -0.1) is 0 Å². The minimum Gasteiger partial charge on any atom is -0.381 e. The van der Waals surface area contributed by atoms with Crippen LogP contribution in [0.2, 0.25) is 0 Å². The molecule has 3 heteroatoms. The summed E-state index contributed by atoms with van der Waals surface area (Å²) in [5.41, 5.74) is 2.84. The molecule has 1 aromatic rings. The molecule has 1 saturated carbocycles. The number of benzene rings is 1. The highest BCUT2D eigenvalue weighted by molar-refractivity contribution is 5.84. The van der Waals surface area contributed by atoms with Gasteiger partial charge in [-0.25, -0.2) is 0 Å². The van der Waals surface area contributed by atoms with Gasteiger partial charge in [-0.3, -0.25) is 9.59 Å². The summed E-state index contributed by atoms with van der Waals surface area (Å²) in [6, 6.07) is 5.82. The fraction of sp³-hybridized carbons (Fsp3) is 0.600. The molecule has 0 aromatic heterocycles. The van der Waals surface area contributed by atoms with Crippen LogP contribution in [0.15, 0.2) is 18.2 Å². The van der Waals surface area contributed by atoms with Crippen LogP contribution in [-0.4, -0.2) is 25.3 Å². The number of carbonyl (C=O) groups is 2. The number of unbranched alkanes of at least 4 members (excludes halogenated alkanes) is 1. The quantitative estimate of drug-likeness (QED) is 0.676. The van der Waals surface area contributed by atoms with Gasteiger partial charge in [0, 0.05) is 25.0 Å². The molecule has 3 nitrogen and oxygen atoms in total. The standard InChI is InChI=1S/C20H28O3/c1-3-4-7-16-12-15(10-11-17(16)14-21)13-19(22)18-8-5-6-9-20(18)23-2/h10-12,14,18,20H,3-9,13H2,1-2H3/t18?,20-/m0/s1. The zero-order valence-corrected chi connectivity index (χ0v) is 14.3. The average Bonchev–Trinajstić information content (AvgIpc) is 2.60. The van der Waals surface area contributed by atoms with Crippen molar-refractivity contribution in [1.82, 2.24) is 0 Å². The van der Waals surface area contributed by atoms with Crippen molar-refractivity contribution in [2.24, 2.45) is 5.92 Å². The lowest BCUT2D eigenvalue weighted by molar-refractivity contribution is -0.128. The summed E-state index contributed by atoms with van der Waals surface area (Å²) in [6.07, 6.45) is 8.68. The van der Waals surface area contributed by atoms with E-state index in [1.165, 1.54) is 0 Å². The molecule has 0 N–H and O–H groups in total. The Balaban J connectivity index is 2.09. The molecule has 1 aliphatic carbocycles. The molecule has 2 rings (SSSR count). The number of carbonyl (C=O) groups excluding carboxylic acids is 2. The van der Waals surface area contributed by atoms with Crippen molar-refractivity contribution in [3.63, 3.8) is 0 Å². The van der Waals surface area contributed by atoms with Gasteiger partial charge in [0.1, 0.15) is 12.1 Å². The molecule has 126 valence electrons. The van der Waals surface area contributed by atoms with E-state index in [-0.39, 0.29) is 17.8 Å². The second kappa shape index (κ2) is 8.97. The molecular weight excluding hydrogens is 288 g/mol. The number of aldehydes is 1. The van der Waals surface area contributed by atoms with Gasteiger partial charge in [0.05, 0.1) is 6.10 Å². The van der Waals surface area contributed by atoms with Crippen molar-refractivity contribution < 1.29 is 14.3 Å². The highest BCUT2D eigenvalue weighted by atomic mass is 16.5.